The third-order valence-electron chi connectivity index (χ3n) is 7.73. The molecule has 2 aliphatic carbocycles. The maximum absolute atomic E-state index is 13.2. The molecule has 1 N–H and O–H groups in total. The van der Waals surface area contributed by atoms with Crippen LogP contribution in [0.5, 0.6) is 5.75 Å². The van der Waals surface area contributed by atoms with E-state index in [1.165, 1.54) is 25.7 Å². The van der Waals surface area contributed by atoms with Gasteiger partial charge in [-0.1, -0.05) is 39.0 Å². The van der Waals surface area contributed by atoms with Gasteiger partial charge in [0.15, 0.2) is 5.82 Å². The van der Waals surface area contributed by atoms with Crippen LogP contribution in [0.4, 0.5) is 0 Å². The number of H-pyrrole nitrogens is 1. The monoisotopic (exact) mass is 464 g/mol. The number of hydrogen-bond acceptors (Lipinski definition) is 6. The zero-order valence-electron chi connectivity index (χ0n) is 20.4. The predicted molar refractivity (Wildman–Crippen MR) is 132 cm³/mol. The number of fused-ring (bicyclic) bond motifs is 1. The summed E-state index contributed by atoms with van der Waals surface area (Å²) in [6.07, 6.45) is 11.6. The molecule has 5 rings (SSSR count). The first-order valence-electron chi connectivity index (χ1n) is 12.9. The van der Waals surface area contributed by atoms with E-state index >= 15 is 0 Å². The fourth-order valence-corrected chi connectivity index (χ4v) is 5.94. The molecular weight excluding hydrogens is 428 g/mol. The molecule has 0 spiro atoms. The van der Waals surface area contributed by atoms with E-state index in [4.69, 9.17) is 4.74 Å². The number of benzene rings is 1. The van der Waals surface area contributed by atoms with Crippen molar-refractivity contribution in [3.63, 3.8) is 0 Å². The summed E-state index contributed by atoms with van der Waals surface area (Å²) in [6, 6.07) is 8.82. The summed E-state index contributed by atoms with van der Waals surface area (Å²) >= 11 is 0. The number of hydrogen-bond donors (Lipinski definition) is 1. The quantitative estimate of drug-likeness (QED) is 0.483. The average Bonchev–Trinajstić information content (AvgIpc) is 3.63. The topological polar surface area (TPSA) is 88.9 Å². The van der Waals surface area contributed by atoms with Gasteiger partial charge < -0.3 is 9.72 Å². The van der Waals surface area contributed by atoms with E-state index < -0.39 is 0 Å². The summed E-state index contributed by atoms with van der Waals surface area (Å²) in [6.45, 7) is 2.82. The second-order valence-electron chi connectivity index (χ2n) is 9.91. The molecule has 0 unspecified atom stereocenters. The van der Waals surface area contributed by atoms with E-state index in [-0.39, 0.29) is 11.6 Å². The Hall–Kier alpha value is -2.74. The molecule has 0 aliphatic heterocycles. The molecule has 34 heavy (non-hydrogen) atoms. The maximum atomic E-state index is 13.2. The highest BCUT2D eigenvalue weighted by atomic mass is 16.5. The lowest BCUT2D eigenvalue weighted by Crippen LogP contribution is -2.39. The van der Waals surface area contributed by atoms with Crippen molar-refractivity contribution >= 4 is 10.9 Å². The number of aromatic nitrogens is 5. The van der Waals surface area contributed by atoms with E-state index in [2.05, 4.69) is 37.0 Å². The van der Waals surface area contributed by atoms with E-state index in [0.717, 1.165) is 66.6 Å². The van der Waals surface area contributed by atoms with Crippen LogP contribution in [0.15, 0.2) is 29.1 Å². The zero-order chi connectivity index (χ0) is 23.5. The Labute approximate surface area is 200 Å². The molecular formula is C26H36N6O2. The Balaban J connectivity index is 1.52. The second kappa shape index (κ2) is 10.3. The summed E-state index contributed by atoms with van der Waals surface area (Å²) in [5, 5.41) is 14.1. The summed E-state index contributed by atoms with van der Waals surface area (Å²) in [5.74, 6) is 1.72. The van der Waals surface area contributed by atoms with Gasteiger partial charge in [0.1, 0.15) is 5.75 Å². The fraction of sp³-hybridized carbons (Fsp3) is 0.615. The van der Waals surface area contributed by atoms with Gasteiger partial charge in [-0.05, 0) is 66.1 Å². The van der Waals surface area contributed by atoms with Crippen molar-refractivity contribution < 1.29 is 4.74 Å². The Kier molecular flexibility index (Phi) is 6.94. The molecule has 2 aromatic heterocycles. The summed E-state index contributed by atoms with van der Waals surface area (Å²) in [4.78, 5) is 18.8. The normalized spacial score (nSPS) is 18.3. The van der Waals surface area contributed by atoms with Crippen molar-refractivity contribution in [2.75, 3.05) is 7.11 Å². The van der Waals surface area contributed by atoms with Gasteiger partial charge in [-0.2, -0.15) is 0 Å². The van der Waals surface area contributed by atoms with Gasteiger partial charge in [0.2, 0.25) is 0 Å². The number of aromatic amines is 1. The number of ether oxygens (including phenoxy) is 1. The van der Waals surface area contributed by atoms with Crippen molar-refractivity contribution in [3.05, 3.63) is 46.0 Å². The standard InChI is InChI=1S/C26H36N6O2/c1-3-8-24(25-28-29-30-32(25)21-11-6-7-12-21)31(20-9-4-5-10-20)17-19-15-18-13-14-22(34-2)16-23(18)27-26(19)33/h13-16,20-21,24H,3-12,17H2,1-2H3,(H,27,33)/t24-/m1/s1. The molecule has 2 aliphatic rings. The second-order valence-corrected chi connectivity index (χ2v) is 9.91. The van der Waals surface area contributed by atoms with Crippen molar-refractivity contribution in [2.24, 2.45) is 0 Å². The number of tetrazole rings is 1. The molecule has 8 heteroatoms. The van der Waals surface area contributed by atoms with E-state index in [1.807, 2.05) is 24.3 Å². The summed E-state index contributed by atoms with van der Waals surface area (Å²) in [7, 11) is 1.64. The van der Waals surface area contributed by atoms with Gasteiger partial charge >= 0.3 is 0 Å². The van der Waals surface area contributed by atoms with Crippen LogP contribution < -0.4 is 10.3 Å². The van der Waals surface area contributed by atoms with Gasteiger partial charge in [0.05, 0.1) is 24.7 Å². The molecule has 2 saturated carbocycles. The fourth-order valence-electron chi connectivity index (χ4n) is 5.94. The molecule has 2 fully saturated rings. The van der Waals surface area contributed by atoms with Crippen LogP contribution >= 0.6 is 0 Å². The van der Waals surface area contributed by atoms with Crippen LogP contribution in [0.3, 0.4) is 0 Å². The van der Waals surface area contributed by atoms with Crippen LogP contribution in [0.1, 0.15) is 94.6 Å². The van der Waals surface area contributed by atoms with Gasteiger partial charge in [-0.3, -0.25) is 9.69 Å². The Morgan fingerprint density at radius 3 is 2.65 bits per heavy atom. The third kappa shape index (κ3) is 4.60. The molecule has 8 nitrogen and oxygen atoms in total. The Morgan fingerprint density at radius 2 is 1.91 bits per heavy atom. The summed E-state index contributed by atoms with van der Waals surface area (Å²) < 4.78 is 7.43. The summed E-state index contributed by atoms with van der Waals surface area (Å²) in [5.41, 5.74) is 1.57. The van der Waals surface area contributed by atoms with Gasteiger partial charge in [0.25, 0.3) is 5.56 Å². The van der Waals surface area contributed by atoms with Crippen LogP contribution in [0.25, 0.3) is 10.9 Å². The lowest BCUT2D eigenvalue weighted by Gasteiger charge is -2.36. The highest BCUT2D eigenvalue weighted by molar-refractivity contribution is 5.80. The molecule has 2 heterocycles. The highest BCUT2D eigenvalue weighted by Crippen LogP contribution is 2.37. The van der Waals surface area contributed by atoms with E-state index in [1.54, 1.807) is 7.11 Å². The molecule has 0 bridgehead atoms. The first-order valence-corrected chi connectivity index (χ1v) is 12.9. The minimum Gasteiger partial charge on any atom is -0.497 e. The number of rotatable bonds is 9. The average molecular weight is 465 g/mol. The zero-order valence-corrected chi connectivity index (χ0v) is 20.4. The molecule has 0 amide bonds. The van der Waals surface area contributed by atoms with Crippen molar-refractivity contribution in [3.8, 4) is 5.75 Å². The predicted octanol–water partition coefficient (Wildman–Crippen LogP) is 4.92. The molecule has 0 radical (unpaired) electrons. The van der Waals surface area contributed by atoms with Crippen LogP contribution in [-0.2, 0) is 6.54 Å². The largest absolute Gasteiger partial charge is 0.497 e. The maximum Gasteiger partial charge on any atom is 0.252 e. The van der Waals surface area contributed by atoms with Crippen LogP contribution in [0.2, 0.25) is 0 Å². The first-order chi connectivity index (χ1) is 16.7. The van der Waals surface area contributed by atoms with Gasteiger partial charge in [-0.15, -0.1) is 5.10 Å². The van der Waals surface area contributed by atoms with Crippen LogP contribution in [-0.4, -0.2) is 43.2 Å². The Morgan fingerprint density at radius 1 is 1.15 bits per heavy atom. The first kappa shape index (κ1) is 23.0. The minimum atomic E-state index is -0.0330. The molecule has 0 saturated heterocycles. The van der Waals surface area contributed by atoms with Gasteiger partial charge in [0, 0.05) is 24.2 Å². The Bertz CT molecular complexity index is 1160. The lowest BCUT2D eigenvalue weighted by atomic mass is 10.0. The smallest absolute Gasteiger partial charge is 0.252 e. The molecule has 1 aromatic carbocycles. The minimum absolute atomic E-state index is 0.0330. The number of methoxy groups -OCH3 is 1. The molecule has 3 aromatic rings. The molecule has 1 atom stereocenters. The number of nitrogens with zero attached hydrogens (tertiary/aromatic N) is 5. The SMILES string of the molecule is CCC[C@H](c1nnnn1C1CCCC1)N(Cc1cc2ccc(OC)cc2[nH]c1=O)C1CCCC1. The van der Waals surface area contributed by atoms with Crippen molar-refractivity contribution in [1.82, 2.24) is 30.1 Å². The van der Waals surface area contributed by atoms with Crippen molar-refractivity contribution in [2.45, 2.75) is 95.8 Å². The third-order valence-corrected chi connectivity index (χ3v) is 7.73. The van der Waals surface area contributed by atoms with E-state index in [9.17, 15) is 4.79 Å². The number of pyridine rings is 1. The van der Waals surface area contributed by atoms with Crippen molar-refractivity contribution in [1.29, 1.82) is 0 Å². The lowest BCUT2D eigenvalue weighted by molar-refractivity contribution is 0.106. The highest BCUT2D eigenvalue weighted by Gasteiger charge is 2.34. The molecule has 182 valence electrons. The number of nitrogens with one attached hydrogen (secondary N) is 1. The van der Waals surface area contributed by atoms with Gasteiger partial charge in [-0.25, -0.2) is 4.68 Å². The van der Waals surface area contributed by atoms with Crippen LogP contribution in [0, 0.1) is 0 Å². The van der Waals surface area contributed by atoms with E-state index in [0.29, 0.717) is 18.6 Å².